The van der Waals surface area contributed by atoms with Gasteiger partial charge in [-0.3, -0.25) is 19.3 Å². The van der Waals surface area contributed by atoms with Gasteiger partial charge in [0.15, 0.2) is 0 Å². The Morgan fingerprint density at radius 1 is 1.05 bits per heavy atom. The molecule has 3 aliphatic heterocycles. The molecule has 196 valence electrons. The number of benzene rings is 2. The van der Waals surface area contributed by atoms with Gasteiger partial charge in [-0.15, -0.1) is 0 Å². The Labute approximate surface area is 219 Å². The summed E-state index contributed by atoms with van der Waals surface area (Å²) in [5.41, 5.74) is -0.417. The first-order valence-electron chi connectivity index (χ1n) is 12.5. The Morgan fingerprint density at radius 3 is 2.49 bits per heavy atom. The lowest BCUT2D eigenvalue weighted by Crippen LogP contribution is -2.60. The van der Waals surface area contributed by atoms with Crippen LogP contribution in [0.15, 0.2) is 48.5 Å². The van der Waals surface area contributed by atoms with E-state index in [1.165, 1.54) is 23.1 Å². The number of rotatable bonds is 5. The van der Waals surface area contributed by atoms with Crippen LogP contribution in [0.5, 0.6) is 0 Å². The van der Waals surface area contributed by atoms with Gasteiger partial charge in [0.05, 0.1) is 12.7 Å². The SMILES string of the molecule is O=C(NC[C@H]1CCCO1)[C@H]1COC2(CCN(C(=O)c3ccc(Cl)cc3)CC2)N1C(=O)c1cccc(F)c1. The summed E-state index contributed by atoms with van der Waals surface area (Å²) in [5.74, 6) is -1.50. The van der Waals surface area contributed by atoms with E-state index >= 15 is 0 Å². The number of hydrogen-bond acceptors (Lipinski definition) is 5. The molecular weight excluding hydrogens is 501 g/mol. The van der Waals surface area contributed by atoms with Gasteiger partial charge < -0.3 is 19.7 Å². The molecule has 3 aliphatic rings. The Balaban J connectivity index is 1.34. The van der Waals surface area contributed by atoms with E-state index in [9.17, 15) is 18.8 Å². The number of carbonyl (C=O) groups is 3. The van der Waals surface area contributed by atoms with Crippen LogP contribution in [0.25, 0.3) is 0 Å². The van der Waals surface area contributed by atoms with E-state index in [0.717, 1.165) is 18.9 Å². The summed E-state index contributed by atoms with van der Waals surface area (Å²) >= 11 is 5.95. The number of halogens is 2. The van der Waals surface area contributed by atoms with E-state index in [1.807, 2.05) is 0 Å². The molecule has 0 radical (unpaired) electrons. The van der Waals surface area contributed by atoms with E-state index in [1.54, 1.807) is 29.2 Å². The van der Waals surface area contributed by atoms with Crippen molar-refractivity contribution < 1.29 is 28.2 Å². The lowest BCUT2D eigenvalue weighted by Gasteiger charge is -2.44. The second kappa shape index (κ2) is 10.8. The Hall–Kier alpha value is -3.01. The van der Waals surface area contributed by atoms with E-state index in [0.29, 0.717) is 49.7 Å². The number of hydrogen-bond donors (Lipinski definition) is 1. The molecule has 2 aromatic carbocycles. The van der Waals surface area contributed by atoms with Crippen molar-refractivity contribution in [2.24, 2.45) is 0 Å². The molecule has 0 saturated carbocycles. The largest absolute Gasteiger partial charge is 0.376 e. The summed E-state index contributed by atoms with van der Waals surface area (Å²) in [6.45, 7) is 1.71. The van der Waals surface area contributed by atoms with Gasteiger partial charge in [-0.25, -0.2) is 4.39 Å². The fourth-order valence-electron chi connectivity index (χ4n) is 5.30. The number of nitrogens with one attached hydrogen (secondary N) is 1. The summed E-state index contributed by atoms with van der Waals surface area (Å²) in [4.78, 5) is 43.1. The smallest absolute Gasteiger partial charge is 0.256 e. The molecular formula is C27H29ClFN3O5. The van der Waals surface area contributed by atoms with Gasteiger partial charge in [0.25, 0.3) is 11.8 Å². The van der Waals surface area contributed by atoms with Gasteiger partial charge in [-0.2, -0.15) is 0 Å². The zero-order valence-electron chi connectivity index (χ0n) is 20.3. The molecule has 10 heteroatoms. The van der Waals surface area contributed by atoms with Crippen LogP contribution in [-0.4, -0.2) is 78.2 Å². The molecule has 37 heavy (non-hydrogen) atoms. The average Bonchev–Trinajstić information content (AvgIpc) is 3.56. The predicted molar refractivity (Wildman–Crippen MR) is 134 cm³/mol. The lowest BCUT2D eigenvalue weighted by atomic mass is 9.96. The third kappa shape index (κ3) is 5.35. The van der Waals surface area contributed by atoms with Crippen molar-refractivity contribution in [1.29, 1.82) is 0 Å². The van der Waals surface area contributed by atoms with Crippen LogP contribution in [-0.2, 0) is 14.3 Å². The fraction of sp³-hybridized carbons (Fsp3) is 0.444. The van der Waals surface area contributed by atoms with Crippen LogP contribution < -0.4 is 5.32 Å². The first-order valence-corrected chi connectivity index (χ1v) is 12.9. The second-order valence-electron chi connectivity index (χ2n) is 9.64. The first-order chi connectivity index (χ1) is 17.9. The highest BCUT2D eigenvalue weighted by Crippen LogP contribution is 2.39. The molecule has 1 spiro atoms. The van der Waals surface area contributed by atoms with Crippen LogP contribution in [0.2, 0.25) is 5.02 Å². The van der Waals surface area contributed by atoms with E-state index in [4.69, 9.17) is 21.1 Å². The summed E-state index contributed by atoms with van der Waals surface area (Å²) in [7, 11) is 0. The van der Waals surface area contributed by atoms with Gasteiger partial charge in [0, 0.05) is 55.2 Å². The molecule has 2 atom stereocenters. The molecule has 0 bridgehead atoms. The van der Waals surface area contributed by atoms with Crippen molar-refractivity contribution in [3.63, 3.8) is 0 Å². The minimum atomic E-state index is -1.08. The summed E-state index contributed by atoms with van der Waals surface area (Å²) in [5, 5.41) is 3.45. The molecule has 1 N–H and O–H groups in total. The molecule has 2 aromatic rings. The molecule has 0 aliphatic carbocycles. The second-order valence-corrected chi connectivity index (χ2v) is 10.1. The van der Waals surface area contributed by atoms with Crippen molar-refractivity contribution >= 4 is 29.3 Å². The van der Waals surface area contributed by atoms with E-state index < -0.39 is 23.5 Å². The Morgan fingerprint density at radius 2 is 1.81 bits per heavy atom. The zero-order chi connectivity index (χ0) is 26.0. The highest BCUT2D eigenvalue weighted by atomic mass is 35.5. The summed E-state index contributed by atoms with van der Waals surface area (Å²) in [6.07, 6.45) is 2.42. The number of carbonyl (C=O) groups excluding carboxylic acids is 3. The van der Waals surface area contributed by atoms with Crippen molar-refractivity contribution in [3.05, 3.63) is 70.5 Å². The van der Waals surface area contributed by atoms with Crippen LogP contribution in [0, 0.1) is 5.82 Å². The summed E-state index contributed by atoms with van der Waals surface area (Å²) in [6, 6.07) is 11.2. The van der Waals surface area contributed by atoms with Crippen LogP contribution in [0.1, 0.15) is 46.4 Å². The Kier molecular flexibility index (Phi) is 7.46. The predicted octanol–water partition coefficient (Wildman–Crippen LogP) is 3.25. The molecule has 3 amide bonds. The topological polar surface area (TPSA) is 88.2 Å². The maximum atomic E-state index is 14.0. The van der Waals surface area contributed by atoms with Crippen LogP contribution >= 0.6 is 11.6 Å². The monoisotopic (exact) mass is 529 g/mol. The number of likely N-dealkylation sites (tertiary alicyclic amines) is 1. The van der Waals surface area contributed by atoms with E-state index in [2.05, 4.69) is 5.32 Å². The highest BCUT2D eigenvalue weighted by molar-refractivity contribution is 6.30. The van der Waals surface area contributed by atoms with Crippen molar-refractivity contribution in [2.75, 3.05) is 32.8 Å². The normalized spacial score (nSPS) is 22.9. The third-order valence-corrected chi connectivity index (χ3v) is 7.56. The Bertz CT molecular complexity index is 1160. The molecule has 5 rings (SSSR count). The van der Waals surface area contributed by atoms with Crippen LogP contribution in [0.4, 0.5) is 4.39 Å². The number of ether oxygens (including phenoxy) is 2. The van der Waals surface area contributed by atoms with Gasteiger partial charge in [-0.05, 0) is 55.3 Å². The molecule has 3 saturated heterocycles. The van der Waals surface area contributed by atoms with Gasteiger partial charge >= 0.3 is 0 Å². The van der Waals surface area contributed by atoms with Crippen molar-refractivity contribution in [3.8, 4) is 0 Å². The molecule has 8 nitrogen and oxygen atoms in total. The van der Waals surface area contributed by atoms with Gasteiger partial charge in [0.1, 0.15) is 17.6 Å². The molecule has 3 fully saturated rings. The lowest BCUT2D eigenvalue weighted by molar-refractivity contribution is -0.128. The fourth-order valence-corrected chi connectivity index (χ4v) is 5.43. The first kappa shape index (κ1) is 25.6. The van der Waals surface area contributed by atoms with Crippen molar-refractivity contribution in [1.82, 2.24) is 15.1 Å². The molecule has 0 aromatic heterocycles. The molecule has 0 unspecified atom stereocenters. The quantitative estimate of drug-likeness (QED) is 0.642. The minimum Gasteiger partial charge on any atom is -0.376 e. The van der Waals surface area contributed by atoms with Gasteiger partial charge in [-0.1, -0.05) is 17.7 Å². The number of piperidine rings is 1. The minimum absolute atomic E-state index is 0.0174. The van der Waals surface area contributed by atoms with E-state index in [-0.39, 0.29) is 30.1 Å². The maximum Gasteiger partial charge on any atom is 0.256 e. The number of amides is 3. The maximum absolute atomic E-state index is 14.0. The third-order valence-electron chi connectivity index (χ3n) is 7.30. The standard InChI is InChI=1S/C27H29ClFN3O5/c28-20-8-6-18(7-9-20)25(34)31-12-10-27(11-13-31)32(26(35)19-3-1-4-21(29)15-19)23(17-37-27)24(33)30-16-22-5-2-14-36-22/h1,3-4,6-9,15,22-23H,2,5,10-14,16-17H2,(H,30,33)/t22-,23-/m1/s1. The average molecular weight is 530 g/mol. The van der Waals surface area contributed by atoms with Crippen molar-refractivity contribution in [2.45, 2.75) is 43.6 Å². The molecule has 3 heterocycles. The number of nitrogens with zero attached hydrogens (tertiary/aromatic N) is 2. The van der Waals surface area contributed by atoms with Crippen LogP contribution in [0.3, 0.4) is 0 Å². The van der Waals surface area contributed by atoms with Gasteiger partial charge in [0.2, 0.25) is 5.91 Å². The zero-order valence-corrected chi connectivity index (χ0v) is 21.1. The highest BCUT2D eigenvalue weighted by Gasteiger charge is 2.54. The summed E-state index contributed by atoms with van der Waals surface area (Å²) < 4.78 is 25.8.